The molecule has 0 bridgehead atoms. The summed E-state index contributed by atoms with van der Waals surface area (Å²) in [6.07, 6.45) is 10.1. The maximum absolute atomic E-state index is 11.8. The van der Waals surface area contributed by atoms with E-state index in [4.69, 9.17) is 9.05 Å². The van der Waals surface area contributed by atoms with Crippen LogP contribution in [0.3, 0.4) is 0 Å². The first-order valence-corrected chi connectivity index (χ1v) is 12.2. The van der Waals surface area contributed by atoms with Gasteiger partial charge in [-0.2, -0.15) is 0 Å². The van der Waals surface area contributed by atoms with E-state index in [9.17, 15) is 9.46 Å². The number of rotatable bonds is 16. The van der Waals surface area contributed by atoms with E-state index in [1.807, 2.05) is 21.1 Å². The predicted octanol–water partition coefficient (Wildman–Crippen LogP) is 5.36. The number of unbranched alkanes of at least 4 members (excludes halogenated alkanes) is 5. The normalized spacial score (nSPS) is 14.2. The second kappa shape index (κ2) is 13.5. The third kappa shape index (κ3) is 13.5. The number of phosphoric ester groups is 1. The van der Waals surface area contributed by atoms with Crippen LogP contribution in [0, 0.1) is 0 Å². The van der Waals surface area contributed by atoms with Crippen LogP contribution < -0.4 is 0 Å². The van der Waals surface area contributed by atoms with Crippen molar-refractivity contribution in [1.29, 1.82) is 0 Å². The second-order valence-electron chi connectivity index (χ2n) is 8.59. The van der Waals surface area contributed by atoms with Crippen LogP contribution in [0.5, 0.6) is 0 Å². The summed E-state index contributed by atoms with van der Waals surface area (Å²) < 4.78 is 22.5. The molecule has 0 saturated carbocycles. The third-order valence-electron chi connectivity index (χ3n) is 4.72. The fraction of sp³-hybridized carbons (Fsp3) is 0.727. The van der Waals surface area contributed by atoms with Gasteiger partial charge in [0.05, 0.1) is 27.7 Å². The van der Waals surface area contributed by atoms with Crippen LogP contribution in [-0.4, -0.2) is 50.3 Å². The monoisotopic (exact) mass is 414 g/mol. The first kappa shape index (κ1) is 25.3. The Kier molecular flexibility index (Phi) is 12.2. The Labute approximate surface area is 172 Å². The summed E-state index contributed by atoms with van der Waals surface area (Å²) in [7, 11) is 2.12. The molecular formula is C22H41NO4P+. The standard InChI is InChI=1S/C22H40NO4P/c1-5-6-9-12-21-14-16-22(17-15-21)13-10-7-8-11-19-26-28(24,25)27-20-18-23(2,3)4/h14-17H,5-13,18-20H2,1-4H3/p+1. The lowest BCUT2D eigenvalue weighted by Gasteiger charge is -2.24. The summed E-state index contributed by atoms with van der Waals surface area (Å²) in [5, 5.41) is 0. The molecular weight excluding hydrogens is 373 g/mol. The minimum Gasteiger partial charge on any atom is -0.329 e. The molecule has 6 heteroatoms. The van der Waals surface area contributed by atoms with Gasteiger partial charge in [0.1, 0.15) is 13.2 Å². The number of phosphoric acid groups is 1. The highest BCUT2D eigenvalue weighted by atomic mass is 31.2. The molecule has 0 saturated heterocycles. The topological polar surface area (TPSA) is 55.8 Å². The molecule has 0 heterocycles. The SMILES string of the molecule is CCCCCc1ccc(CCCCCCOP(=O)(O)OCC[N+](C)(C)C)cc1. The Bertz CT molecular complexity index is 569. The van der Waals surface area contributed by atoms with Crippen LogP contribution in [0.1, 0.15) is 63.0 Å². The van der Waals surface area contributed by atoms with Crippen molar-refractivity contribution in [3.63, 3.8) is 0 Å². The smallest absolute Gasteiger partial charge is 0.329 e. The van der Waals surface area contributed by atoms with Crippen LogP contribution in [-0.2, 0) is 26.5 Å². The summed E-state index contributed by atoms with van der Waals surface area (Å²) in [4.78, 5) is 9.66. The average molecular weight is 415 g/mol. The Morgan fingerprint density at radius 1 is 0.821 bits per heavy atom. The molecule has 0 aliphatic heterocycles. The van der Waals surface area contributed by atoms with Crippen LogP contribution in [0.25, 0.3) is 0 Å². The van der Waals surface area contributed by atoms with E-state index in [0.29, 0.717) is 11.0 Å². The molecule has 1 rings (SSSR count). The first-order valence-electron chi connectivity index (χ1n) is 10.7. The Balaban J connectivity index is 2.07. The number of likely N-dealkylation sites (N-methyl/N-ethyl adjacent to an activating group) is 1. The van der Waals surface area contributed by atoms with Gasteiger partial charge in [-0.3, -0.25) is 9.05 Å². The minimum absolute atomic E-state index is 0.217. The van der Waals surface area contributed by atoms with Crippen molar-refractivity contribution in [3.8, 4) is 0 Å². The predicted molar refractivity (Wildman–Crippen MR) is 116 cm³/mol. The fourth-order valence-electron chi connectivity index (χ4n) is 2.88. The molecule has 0 aliphatic rings. The molecule has 0 radical (unpaired) electrons. The molecule has 1 N–H and O–H groups in total. The van der Waals surface area contributed by atoms with Crippen LogP contribution in [0.2, 0.25) is 0 Å². The molecule has 1 aromatic rings. The molecule has 0 fully saturated rings. The van der Waals surface area contributed by atoms with Gasteiger partial charge in [0, 0.05) is 0 Å². The van der Waals surface area contributed by atoms with Gasteiger partial charge >= 0.3 is 7.82 Å². The second-order valence-corrected chi connectivity index (χ2v) is 10.0. The summed E-state index contributed by atoms with van der Waals surface area (Å²) in [6.45, 7) is 3.38. The van der Waals surface area contributed by atoms with E-state index in [1.54, 1.807) is 0 Å². The minimum atomic E-state index is -3.91. The van der Waals surface area contributed by atoms with E-state index < -0.39 is 7.82 Å². The maximum Gasteiger partial charge on any atom is 0.472 e. The van der Waals surface area contributed by atoms with Crippen molar-refractivity contribution >= 4 is 7.82 Å². The highest BCUT2D eigenvalue weighted by Gasteiger charge is 2.21. The van der Waals surface area contributed by atoms with Gasteiger partial charge in [0.25, 0.3) is 0 Å². The lowest BCUT2D eigenvalue weighted by molar-refractivity contribution is -0.870. The summed E-state index contributed by atoms with van der Waals surface area (Å²) in [6, 6.07) is 9.02. The molecule has 162 valence electrons. The zero-order chi connectivity index (χ0) is 20.9. The zero-order valence-corrected chi connectivity index (χ0v) is 19.3. The lowest BCUT2D eigenvalue weighted by atomic mass is 10.0. The van der Waals surface area contributed by atoms with Gasteiger partial charge in [0.2, 0.25) is 0 Å². The number of benzene rings is 1. The quantitative estimate of drug-likeness (QED) is 0.225. The number of quaternary nitrogens is 1. The zero-order valence-electron chi connectivity index (χ0n) is 18.4. The van der Waals surface area contributed by atoms with Gasteiger partial charge in [0.15, 0.2) is 0 Å². The lowest BCUT2D eigenvalue weighted by Crippen LogP contribution is -2.37. The van der Waals surface area contributed by atoms with E-state index in [1.165, 1.54) is 36.8 Å². The number of hydrogen-bond donors (Lipinski definition) is 1. The molecule has 1 unspecified atom stereocenters. The molecule has 0 aromatic heterocycles. The van der Waals surface area contributed by atoms with Crippen molar-refractivity contribution in [2.24, 2.45) is 0 Å². The van der Waals surface area contributed by atoms with Gasteiger partial charge in [-0.05, 0) is 43.2 Å². The van der Waals surface area contributed by atoms with Gasteiger partial charge in [-0.25, -0.2) is 4.57 Å². The van der Waals surface area contributed by atoms with E-state index in [-0.39, 0.29) is 13.2 Å². The largest absolute Gasteiger partial charge is 0.472 e. The summed E-state index contributed by atoms with van der Waals surface area (Å²) >= 11 is 0. The van der Waals surface area contributed by atoms with Crippen molar-refractivity contribution in [1.82, 2.24) is 0 Å². The van der Waals surface area contributed by atoms with Crippen molar-refractivity contribution in [2.45, 2.75) is 64.7 Å². The van der Waals surface area contributed by atoms with Crippen LogP contribution >= 0.6 is 7.82 Å². The van der Waals surface area contributed by atoms with Crippen LogP contribution in [0.4, 0.5) is 0 Å². The molecule has 28 heavy (non-hydrogen) atoms. The highest BCUT2D eigenvalue weighted by molar-refractivity contribution is 7.47. The van der Waals surface area contributed by atoms with Gasteiger partial charge < -0.3 is 9.38 Å². The molecule has 1 aromatic carbocycles. The van der Waals surface area contributed by atoms with E-state index in [2.05, 4.69) is 31.2 Å². The van der Waals surface area contributed by atoms with Gasteiger partial charge in [-0.1, -0.05) is 56.9 Å². The van der Waals surface area contributed by atoms with E-state index >= 15 is 0 Å². The number of nitrogens with zero attached hydrogens (tertiary/aromatic N) is 1. The fourth-order valence-corrected chi connectivity index (χ4v) is 3.63. The van der Waals surface area contributed by atoms with Crippen molar-refractivity contribution in [2.75, 3.05) is 40.9 Å². The highest BCUT2D eigenvalue weighted by Crippen LogP contribution is 2.43. The number of hydrogen-bond acceptors (Lipinski definition) is 3. The summed E-state index contributed by atoms with van der Waals surface area (Å²) in [5.41, 5.74) is 2.83. The number of aryl methyl sites for hydroxylation is 2. The van der Waals surface area contributed by atoms with Crippen molar-refractivity contribution < 1.29 is 23.0 Å². The Morgan fingerprint density at radius 3 is 1.86 bits per heavy atom. The molecule has 0 spiro atoms. The molecule has 0 amide bonds. The third-order valence-corrected chi connectivity index (χ3v) is 5.74. The van der Waals surface area contributed by atoms with E-state index in [0.717, 1.165) is 32.1 Å². The average Bonchev–Trinajstić information content (AvgIpc) is 2.61. The molecule has 5 nitrogen and oxygen atoms in total. The Morgan fingerprint density at radius 2 is 1.32 bits per heavy atom. The van der Waals surface area contributed by atoms with Crippen molar-refractivity contribution in [3.05, 3.63) is 35.4 Å². The first-order chi connectivity index (χ1) is 13.2. The summed E-state index contributed by atoms with van der Waals surface area (Å²) in [5.74, 6) is 0. The van der Waals surface area contributed by atoms with Crippen LogP contribution in [0.15, 0.2) is 24.3 Å². The molecule has 1 atom stereocenters. The Hall–Kier alpha value is -0.710. The van der Waals surface area contributed by atoms with Gasteiger partial charge in [-0.15, -0.1) is 0 Å². The molecule has 0 aliphatic carbocycles. The maximum atomic E-state index is 11.8.